The number of hydrogen-bond donors (Lipinski definition) is 0. The standard InChI is InChI=1S/C9H14O3/c1-3-11-9(10)8-6-7(2)4-5-12-8/h8H,2-6H2,1H3. The van der Waals surface area contributed by atoms with Crippen LogP contribution >= 0.6 is 0 Å². The second-order valence-corrected chi connectivity index (χ2v) is 2.82. The Hall–Kier alpha value is -0.830. The van der Waals surface area contributed by atoms with Crippen molar-refractivity contribution < 1.29 is 14.3 Å². The average molecular weight is 170 g/mol. The Morgan fingerprint density at radius 3 is 3.17 bits per heavy atom. The van der Waals surface area contributed by atoms with Crippen LogP contribution < -0.4 is 0 Å². The molecule has 1 unspecified atom stereocenters. The van der Waals surface area contributed by atoms with Gasteiger partial charge in [0.2, 0.25) is 0 Å². The summed E-state index contributed by atoms with van der Waals surface area (Å²) < 4.78 is 10.1. The largest absolute Gasteiger partial charge is 0.464 e. The highest BCUT2D eigenvalue weighted by molar-refractivity contribution is 5.75. The van der Waals surface area contributed by atoms with Crippen LogP contribution in [0.3, 0.4) is 0 Å². The Labute approximate surface area is 72.4 Å². The van der Waals surface area contributed by atoms with E-state index in [1.807, 2.05) is 0 Å². The fourth-order valence-electron chi connectivity index (χ4n) is 1.16. The van der Waals surface area contributed by atoms with E-state index in [0.717, 1.165) is 12.0 Å². The third-order valence-corrected chi connectivity index (χ3v) is 1.80. The van der Waals surface area contributed by atoms with E-state index in [-0.39, 0.29) is 5.97 Å². The van der Waals surface area contributed by atoms with Crippen LogP contribution in [0, 0.1) is 0 Å². The molecule has 0 bridgehead atoms. The summed E-state index contributed by atoms with van der Waals surface area (Å²) in [4.78, 5) is 11.2. The van der Waals surface area contributed by atoms with Gasteiger partial charge in [-0.25, -0.2) is 4.79 Å². The van der Waals surface area contributed by atoms with Crippen LogP contribution in [-0.4, -0.2) is 25.3 Å². The Kier molecular flexibility index (Phi) is 3.29. The lowest BCUT2D eigenvalue weighted by Crippen LogP contribution is -2.30. The molecule has 3 heteroatoms. The quantitative estimate of drug-likeness (QED) is 0.462. The Morgan fingerprint density at radius 1 is 1.83 bits per heavy atom. The lowest BCUT2D eigenvalue weighted by atomic mass is 10.0. The van der Waals surface area contributed by atoms with Crippen LogP contribution in [0.2, 0.25) is 0 Å². The molecule has 68 valence electrons. The van der Waals surface area contributed by atoms with E-state index >= 15 is 0 Å². The molecule has 0 spiro atoms. The number of rotatable bonds is 2. The van der Waals surface area contributed by atoms with Gasteiger partial charge in [0.05, 0.1) is 13.2 Å². The second kappa shape index (κ2) is 4.26. The van der Waals surface area contributed by atoms with Gasteiger partial charge in [-0.2, -0.15) is 0 Å². The number of carbonyl (C=O) groups is 1. The highest BCUT2D eigenvalue weighted by Gasteiger charge is 2.24. The zero-order valence-electron chi connectivity index (χ0n) is 7.34. The maximum atomic E-state index is 11.2. The molecular formula is C9H14O3. The topological polar surface area (TPSA) is 35.5 Å². The van der Waals surface area contributed by atoms with Crippen molar-refractivity contribution in [3.63, 3.8) is 0 Å². The van der Waals surface area contributed by atoms with E-state index in [1.54, 1.807) is 6.92 Å². The molecule has 0 amide bonds. The van der Waals surface area contributed by atoms with Crippen LogP contribution in [0.15, 0.2) is 12.2 Å². The first-order valence-corrected chi connectivity index (χ1v) is 4.19. The summed E-state index contributed by atoms with van der Waals surface area (Å²) in [5, 5.41) is 0. The van der Waals surface area contributed by atoms with Crippen molar-refractivity contribution in [1.82, 2.24) is 0 Å². The molecule has 0 aromatic carbocycles. The minimum Gasteiger partial charge on any atom is -0.464 e. The second-order valence-electron chi connectivity index (χ2n) is 2.82. The van der Waals surface area contributed by atoms with Gasteiger partial charge < -0.3 is 9.47 Å². The molecule has 1 heterocycles. The van der Waals surface area contributed by atoms with Crippen LogP contribution in [0.4, 0.5) is 0 Å². The molecule has 3 nitrogen and oxygen atoms in total. The Balaban J connectivity index is 2.40. The summed E-state index contributed by atoms with van der Waals surface area (Å²) in [6, 6.07) is 0. The lowest BCUT2D eigenvalue weighted by Gasteiger charge is -2.22. The van der Waals surface area contributed by atoms with Gasteiger partial charge in [0, 0.05) is 6.42 Å². The maximum absolute atomic E-state index is 11.2. The molecule has 1 aliphatic heterocycles. The highest BCUT2D eigenvalue weighted by Crippen LogP contribution is 2.18. The normalized spacial score (nSPS) is 23.8. The van der Waals surface area contributed by atoms with Crippen molar-refractivity contribution >= 4 is 5.97 Å². The molecule has 12 heavy (non-hydrogen) atoms. The average Bonchev–Trinajstić information content (AvgIpc) is 2.05. The fourth-order valence-corrected chi connectivity index (χ4v) is 1.16. The van der Waals surface area contributed by atoms with Crippen molar-refractivity contribution in [3.05, 3.63) is 12.2 Å². The third-order valence-electron chi connectivity index (χ3n) is 1.80. The lowest BCUT2D eigenvalue weighted by molar-refractivity contribution is -0.157. The molecule has 0 radical (unpaired) electrons. The maximum Gasteiger partial charge on any atom is 0.335 e. The summed E-state index contributed by atoms with van der Waals surface area (Å²) in [5.74, 6) is -0.265. The van der Waals surface area contributed by atoms with Crippen LogP contribution in [0.5, 0.6) is 0 Å². The summed E-state index contributed by atoms with van der Waals surface area (Å²) in [5.41, 5.74) is 1.07. The van der Waals surface area contributed by atoms with E-state index < -0.39 is 6.10 Å². The van der Waals surface area contributed by atoms with E-state index in [9.17, 15) is 4.79 Å². The first-order chi connectivity index (χ1) is 5.74. The third kappa shape index (κ3) is 2.34. The molecule has 0 saturated carbocycles. The molecule has 1 aliphatic rings. The van der Waals surface area contributed by atoms with Crippen molar-refractivity contribution in [1.29, 1.82) is 0 Å². The zero-order valence-corrected chi connectivity index (χ0v) is 7.34. The van der Waals surface area contributed by atoms with Crippen LogP contribution in [-0.2, 0) is 14.3 Å². The van der Waals surface area contributed by atoms with Crippen LogP contribution in [0.25, 0.3) is 0 Å². The summed E-state index contributed by atoms with van der Waals surface area (Å²) >= 11 is 0. The minimum atomic E-state index is -0.411. The van der Waals surface area contributed by atoms with Gasteiger partial charge in [-0.05, 0) is 13.3 Å². The van der Waals surface area contributed by atoms with E-state index in [4.69, 9.17) is 9.47 Å². The molecule has 0 N–H and O–H groups in total. The SMILES string of the molecule is C=C1CCOC(C(=O)OCC)C1. The zero-order chi connectivity index (χ0) is 8.97. The van der Waals surface area contributed by atoms with Gasteiger partial charge in [0.25, 0.3) is 0 Å². The number of hydrogen-bond acceptors (Lipinski definition) is 3. The number of carbonyl (C=O) groups excluding carboxylic acids is 1. The van der Waals surface area contributed by atoms with Gasteiger partial charge >= 0.3 is 5.97 Å². The molecule has 0 aliphatic carbocycles. The molecule has 1 rings (SSSR count). The van der Waals surface area contributed by atoms with Gasteiger partial charge in [0.1, 0.15) is 0 Å². The van der Waals surface area contributed by atoms with E-state index in [1.165, 1.54) is 0 Å². The Morgan fingerprint density at radius 2 is 2.58 bits per heavy atom. The van der Waals surface area contributed by atoms with Crippen molar-refractivity contribution in [3.8, 4) is 0 Å². The summed E-state index contributed by atoms with van der Waals surface area (Å²) in [6.07, 6.45) is 1.06. The first kappa shape index (κ1) is 9.26. The minimum absolute atomic E-state index is 0.265. The predicted molar refractivity (Wildman–Crippen MR) is 44.7 cm³/mol. The fraction of sp³-hybridized carbons (Fsp3) is 0.667. The van der Waals surface area contributed by atoms with Gasteiger partial charge in [0.15, 0.2) is 6.10 Å². The predicted octanol–water partition coefficient (Wildman–Crippen LogP) is 1.28. The van der Waals surface area contributed by atoms with Gasteiger partial charge in [-0.3, -0.25) is 0 Å². The monoisotopic (exact) mass is 170 g/mol. The van der Waals surface area contributed by atoms with Gasteiger partial charge in [-0.15, -0.1) is 0 Å². The molecule has 0 aromatic rings. The molecule has 1 fully saturated rings. The number of ether oxygens (including phenoxy) is 2. The molecular weight excluding hydrogens is 156 g/mol. The van der Waals surface area contributed by atoms with E-state index in [0.29, 0.717) is 19.6 Å². The van der Waals surface area contributed by atoms with Crippen molar-refractivity contribution in [2.75, 3.05) is 13.2 Å². The molecule has 1 saturated heterocycles. The highest BCUT2D eigenvalue weighted by atomic mass is 16.6. The molecule has 0 aromatic heterocycles. The van der Waals surface area contributed by atoms with Gasteiger partial charge in [-0.1, -0.05) is 12.2 Å². The van der Waals surface area contributed by atoms with Crippen LogP contribution in [0.1, 0.15) is 19.8 Å². The Bertz CT molecular complexity index is 186. The summed E-state index contributed by atoms with van der Waals surface area (Å²) in [6.45, 7) is 6.60. The van der Waals surface area contributed by atoms with Crippen molar-refractivity contribution in [2.24, 2.45) is 0 Å². The smallest absolute Gasteiger partial charge is 0.335 e. The summed E-state index contributed by atoms with van der Waals surface area (Å²) in [7, 11) is 0. The number of esters is 1. The first-order valence-electron chi connectivity index (χ1n) is 4.19. The molecule has 1 atom stereocenters. The van der Waals surface area contributed by atoms with E-state index in [2.05, 4.69) is 6.58 Å². The van der Waals surface area contributed by atoms with Crippen molar-refractivity contribution in [2.45, 2.75) is 25.9 Å².